The van der Waals surface area contributed by atoms with Gasteiger partial charge in [-0.05, 0) is 55.9 Å². The third-order valence-electron chi connectivity index (χ3n) is 6.01. The summed E-state index contributed by atoms with van der Waals surface area (Å²) in [6.07, 6.45) is 5.99. The molecule has 30 heavy (non-hydrogen) atoms. The maximum atomic E-state index is 13.3. The predicted molar refractivity (Wildman–Crippen MR) is 117 cm³/mol. The molecule has 1 aliphatic rings. The fourth-order valence-corrected chi connectivity index (χ4v) is 4.16. The van der Waals surface area contributed by atoms with Crippen molar-refractivity contribution in [3.63, 3.8) is 0 Å². The number of carbonyl (C=O) groups excluding carboxylic acids is 1. The highest BCUT2D eigenvalue weighted by Crippen LogP contribution is 2.24. The number of hydrogen-bond acceptors (Lipinski definition) is 4. The van der Waals surface area contributed by atoms with Gasteiger partial charge in [-0.3, -0.25) is 9.59 Å². The van der Waals surface area contributed by atoms with E-state index in [4.69, 9.17) is 0 Å². The molecule has 1 saturated carbocycles. The molecule has 158 valence electrons. The molecule has 0 spiro atoms. The molecule has 7 heteroatoms. The molecule has 0 radical (unpaired) electrons. The topological polar surface area (TPSA) is 81.8 Å². The SMILES string of the molecule is Cc1ccc(-n2ncc3c(C(C)C)nn(CC(=O)NC4CCCC4)c(=O)c32)cc1C. The molecule has 0 atom stereocenters. The lowest BCUT2D eigenvalue weighted by Crippen LogP contribution is -2.39. The Morgan fingerprint density at radius 2 is 1.93 bits per heavy atom. The van der Waals surface area contributed by atoms with Gasteiger partial charge in [0.05, 0.1) is 17.6 Å². The van der Waals surface area contributed by atoms with Crippen LogP contribution in [0.1, 0.15) is 62.3 Å². The number of aromatic nitrogens is 4. The first kappa shape index (κ1) is 20.3. The van der Waals surface area contributed by atoms with Gasteiger partial charge in [0.2, 0.25) is 5.91 Å². The van der Waals surface area contributed by atoms with Crippen LogP contribution >= 0.6 is 0 Å². The van der Waals surface area contributed by atoms with Gasteiger partial charge >= 0.3 is 0 Å². The van der Waals surface area contributed by atoms with Gasteiger partial charge in [0.25, 0.3) is 5.56 Å². The van der Waals surface area contributed by atoms with Crippen LogP contribution in [0.3, 0.4) is 0 Å². The maximum Gasteiger partial charge on any atom is 0.293 e. The van der Waals surface area contributed by atoms with Crippen molar-refractivity contribution in [3.05, 3.63) is 51.6 Å². The maximum absolute atomic E-state index is 13.3. The summed E-state index contributed by atoms with van der Waals surface area (Å²) in [4.78, 5) is 25.9. The summed E-state index contributed by atoms with van der Waals surface area (Å²) in [6, 6.07) is 6.22. The molecule has 2 heterocycles. The fraction of sp³-hybridized carbons (Fsp3) is 0.478. The van der Waals surface area contributed by atoms with Crippen LogP contribution in [0.4, 0.5) is 0 Å². The zero-order chi connectivity index (χ0) is 21.4. The molecule has 1 aromatic carbocycles. The zero-order valence-corrected chi connectivity index (χ0v) is 18.1. The quantitative estimate of drug-likeness (QED) is 0.703. The van der Waals surface area contributed by atoms with E-state index >= 15 is 0 Å². The first-order valence-corrected chi connectivity index (χ1v) is 10.7. The van der Waals surface area contributed by atoms with E-state index in [1.165, 1.54) is 10.2 Å². The Balaban J connectivity index is 1.79. The highest BCUT2D eigenvalue weighted by atomic mass is 16.2. The van der Waals surface area contributed by atoms with Gasteiger partial charge in [-0.1, -0.05) is 32.8 Å². The number of amides is 1. The Bertz CT molecular complexity index is 1150. The van der Waals surface area contributed by atoms with E-state index in [0.717, 1.165) is 48.0 Å². The number of rotatable bonds is 5. The molecule has 1 fully saturated rings. The zero-order valence-electron chi connectivity index (χ0n) is 18.1. The second-order valence-electron chi connectivity index (χ2n) is 8.64. The van der Waals surface area contributed by atoms with Crippen LogP contribution in [0.5, 0.6) is 0 Å². The highest BCUT2D eigenvalue weighted by Gasteiger charge is 2.22. The minimum absolute atomic E-state index is 0.0803. The summed E-state index contributed by atoms with van der Waals surface area (Å²) in [5.74, 6) is -0.0718. The van der Waals surface area contributed by atoms with Crippen molar-refractivity contribution in [2.24, 2.45) is 0 Å². The smallest absolute Gasteiger partial charge is 0.293 e. The Kier molecular flexibility index (Phi) is 5.45. The molecular formula is C23H29N5O2. The summed E-state index contributed by atoms with van der Waals surface area (Å²) in [6.45, 7) is 8.07. The largest absolute Gasteiger partial charge is 0.352 e. The lowest BCUT2D eigenvalue weighted by atomic mass is 10.1. The molecule has 0 bridgehead atoms. The molecular weight excluding hydrogens is 378 g/mol. The minimum atomic E-state index is -0.299. The van der Waals surface area contributed by atoms with E-state index < -0.39 is 0 Å². The Hall–Kier alpha value is -2.96. The van der Waals surface area contributed by atoms with E-state index in [1.54, 1.807) is 10.9 Å². The van der Waals surface area contributed by atoms with Gasteiger partial charge in [-0.15, -0.1) is 0 Å². The van der Waals surface area contributed by atoms with Crippen LogP contribution in [0.2, 0.25) is 0 Å². The summed E-state index contributed by atoms with van der Waals surface area (Å²) in [5, 5.41) is 12.8. The standard InChI is InChI=1S/C23H29N5O2/c1-14(2)21-19-12-24-28(18-10-9-15(3)16(4)11-18)22(19)23(30)27(26-21)13-20(29)25-17-7-5-6-8-17/h9-12,14,17H,5-8,13H2,1-4H3,(H,25,29). The van der Waals surface area contributed by atoms with Crippen molar-refractivity contribution >= 4 is 16.8 Å². The Labute approximate surface area is 176 Å². The number of aryl methyl sites for hydroxylation is 2. The van der Waals surface area contributed by atoms with Crippen molar-refractivity contribution in [2.75, 3.05) is 0 Å². The fourth-order valence-electron chi connectivity index (χ4n) is 4.16. The second kappa shape index (κ2) is 8.05. The molecule has 1 amide bonds. The number of fused-ring (bicyclic) bond motifs is 1. The van der Waals surface area contributed by atoms with E-state index in [1.807, 2.05) is 39.0 Å². The van der Waals surface area contributed by atoms with Crippen LogP contribution in [0.15, 0.2) is 29.2 Å². The van der Waals surface area contributed by atoms with Crippen LogP contribution in [0.25, 0.3) is 16.6 Å². The Morgan fingerprint density at radius 1 is 1.20 bits per heavy atom. The number of nitrogens with zero attached hydrogens (tertiary/aromatic N) is 4. The van der Waals surface area contributed by atoms with Crippen molar-refractivity contribution in [3.8, 4) is 5.69 Å². The van der Waals surface area contributed by atoms with Crippen molar-refractivity contribution in [1.29, 1.82) is 0 Å². The van der Waals surface area contributed by atoms with E-state index in [-0.39, 0.29) is 30.0 Å². The van der Waals surface area contributed by atoms with Gasteiger partial charge in [0, 0.05) is 11.4 Å². The number of nitrogens with one attached hydrogen (secondary N) is 1. The van der Waals surface area contributed by atoms with Crippen LogP contribution in [0, 0.1) is 13.8 Å². The molecule has 0 aliphatic heterocycles. The normalized spacial score (nSPS) is 14.7. The molecule has 1 N–H and O–H groups in total. The van der Waals surface area contributed by atoms with E-state index in [2.05, 4.69) is 22.4 Å². The number of hydrogen-bond donors (Lipinski definition) is 1. The molecule has 0 unspecified atom stereocenters. The van der Waals surface area contributed by atoms with Gasteiger partial charge in [-0.2, -0.15) is 10.2 Å². The van der Waals surface area contributed by atoms with Gasteiger partial charge in [-0.25, -0.2) is 9.36 Å². The van der Waals surface area contributed by atoms with Crippen LogP contribution in [-0.2, 0) is 11.3 Å². The third-order valence-corrected chi connectivity index (χ3v) is 6.01. The predicted octanol–water partition coefficient (Wildman–Crippen LogP) is 3.38. The lowest BCUT2D eigenvalue weighted by Gasteiger charge is -2.14. The average Bonchev–Trinajstić information content (AvgIpc) is 3.36. The first-order chi connectivity index (χ1) is 14.3. The molecule has 1 aliphatic carbocycles. The third kappa shape index (κ3) is 3.76. The summed E-state index contributed by atoms with van der Waals surface area (Å²) in [7, 11) is 0. The van der Waals surface area contributed by atoms with Crippen LogP contribution < -0.4 is 10.9 Å². The highest BCUT2D eigenvalue weighted by molar-refractivity contribution is 5.82. The van der Waals surface area contributed by atoms with E-state index in [9.17, 15) is 9.59 Å². The summed E-state index contributed by atoms with van der Waals surface area (Å²) < 4.78 is 2.96. The van der Waals surface area contributed by atoms with Crippen molar-refractivity contribution < 1.29 is 4.79 Å². The van der Waals surface area contributed by atoms with Gasteiger partial charge < -0.3 is 5.32 Å². The summed E-state index contributed by atoms with van der Waals surface area (Å²) in [5.41, 5.74) is 4.07. The van der Waals surface area contributed by atoms with Gasteiger partial charge in [0.15, 0.2) is 0 Å². The Morgan fingerprint density at radius 3 is 2.60 bits per heavy atom. The number of benzene rings is 1. The number of carbonyl (C=O) groups is 1. The van der Waals surface area contributed by atoms with E-state index in [0.29, 0.717) is 5.52 Å². The molecule has 0 saturated heterocycles. The molecule has 3 aromatic rings. The van der Waals surface area contributed by atoms with Crippen molar-refractivity contribution in [2.45, 2.75) is 71.9 Å². The average molecular weight is 408 g/mol. The molecule has 7 nitrogen and oxygen atoms in total. The second-order valence-corrected chi connectivity index (χ2v) is 8.64. The van der Waals surface area contributed by atoms with Crippen molar-refractivity contribution in [1.82, 2.24) is 24.9 Å². The minimum Gasteiger partial charge on any atom is -0.352 e. The van der Waals surface area contributed by atoms with Crippen LogP contribution in [-0.4, -0.2) is 31.5 Å². The molecule has 2 aromatic heterocycles. The molecule has 4 rings (SSSR count). The van der Waals surface area contributed by atoms with Gasteiger partial charge in [0.1, 0.15) is 12.1 Å². The monoisotopic (exact) mass is 407 g/mol. The lowest BCUT2D eigenvalue weighted by molar-refractivity contribution is -0.122. The summed E-state index contributed by atoms with van der Waals surface area (Å²) >= 11 is 0. The first-order valence-electron chi connectivity index (χ1n) is 10.7.